The van der Waals surface area contributed by atoms with Gasteiger partial charge in [0.1, 0.15) is 6.54 Å². The van der Waals surface area contributed by atoms with E-state index in [9.17, 15) is 4.79 Å². The van der Waals surface area contributed by atoms with E-state index in [4.69, 9.17) is 5.10 Å². The predicted molar refractivity (Wildman–Crippen MR) is 132 cm³/mol. The lowest BCUT2D eigenvalue weighted by atomic mass is 10.0. The third-order valence-electron chi connectivity index (χ3n) is 6.60. The first-order chi connectivity index (χ1) is 16.5. The number of nitrogens with zero attached hydrogens (tertiary/aromatic N) is 7. The van der Waals surface area contributed by atoms with Gasteiger partial charge in [-0.15, -0.1) is 0 Å². The van der Waals surface area contributed by atoms with Crippen LogP contribution >= 0.6 is 0 Å². The number of rotatable bonds is 6. The summed E-state index contributed by atoms with van der Waals surface area (Å²) in [6, 6.07) is 10.5. The van der Waals surface area contributed by atoms with Crippen LogP contribution in [0, 0.1) is 13.8 Å². The molecule has 3 aromatic heterocycles. The Morgan fingerprint density at radius 3 is 2.50 bits per heavy atom. The van der Waals surface area contributed by atoms with Gasteiger partial charge in [0.05, 0.1) is 11.9 Å². The Balaban J connectivity index is 1.27. The molecule has 1 saturated heterocycles. The van der Waals surface area contributed by atoms with E-state index in [1.54, 1.807) is 10.9 Å². The Morgan fingerprint density at radius 1 is 1.03 bits per heavy atom. The Morgan fingerprint density at radius 2 is 1.79 bits per heavy atom. The molecule has 0 spiro atoms. The molecule has 0 aliphatic carbocycles. The summed E-state index contributed by atoms with van der Waals surface area (Å²) in [4.78, 5) is 22.0. The molecular weight excluding hydrogens is 426 g/mol. The van der Waals surface area contributed by atoms with Crippen molar-refractivity contribution in [2.45, 2.75) is 40.4 Å². The summed E-state index contributed by atoms with van der Waals surface area (Å²) in [5.74, 6) is 0.0883. The molecule has 1 amide bonds. The van der Waals surface area contributed by atoms with Gasteiger partial charge in [-0.05, 0) is 38.0 Å². The van der Waals surface area contributed by atoms with E-state index >= 15 is 0 Å². The Labute approximate surface area is 199 Å². The number of amides is 1. The number of hydrogen-bond donors (Lipinski definition) is 0. The summed E-state index contributed by atoms with van der Waals surface area (Å²) in [6.07, 6.45) is 5.84. The van der Waals surface area contributed by atoms with Gasteiger partial charge < -0.3 is 4.90 Å². The number of benzene rings is 1. The smallest absolute Gasteiger partial charge is 0.244 e. The van der Waals surface area contributed by atoms with Crippen molar-refractivity contribution in [1.82, 2.24) is 34.3 Å². The van der Waals surface area contributed by atoms with Crippen LogP contribution in [0.1, 0.15) is 23.7 Å². The molecule has 0 bridgehead atoms. The summed E-state index contributed by atoms with van der Waals surface area (Å²) in [5.41, 5.74) is 6.33. The van der Waals surface area contributed by atoms with Crippen molar-refractivity contribution in [2.24, 2.45) is 0 Å². The van der Waals surface area contributed by atoms with Gasteiger partial charge in [-0.3, -0.25) is 14.4 Å². The number of carbonyl (C=O) groups is 1. The second-order valence-corrected chi connectivity index (χ2v) is 9.03. The van der Waals surface area contributed by atoms with Crippen LogP contribution in [0.5, 0.6) is 0 Å². The highest BCUT2D eigenvalue weighted by molar-refractivity contribution is 5.95. The minimum absolute atomic E-state index is 0.0883. The molecule has 1 aromatic carbocycles. The van der Waals surface area contributed by atoms with Crippen LogP contribution in [0.4, 0.5) is 0 Å². The molecule has 5 rings (SSSR count). The van der Waals surface area contributed by atoms with Gasteiger partial charge in [-0.2, -0.15) is 10.2 Å². The number of aryl methyl sites for hydroxylation is 3. The fraction of sp³-hybridized carbons (Fsp3) is 0.385. The standard InChI is InChI=1S/C26H31N7O/c1-4-32-17-21(15-28-32)16-30-11-13-31(14-12-30)24(34)18-33-26-25(20(3)29-33)23(9-10-27-26)22-7-5-19(2)6-8-22/h5-10,15,17H,4,11-14,16,18H2,1-3H3. The van der Waals surface area contributed by atoms with Crippen molar-refractivity contribution in [3.05, 3.63) is 65.7 Å². The molecule has 8 nitrogen and oxygen atoms in total. The quantitative estimate of drug-likeness (QED) is 0.444. The van der Waals surface area contributed by atoms with Gasteiger partial charge in [0.25, 0.3) is 0 Å². The molecule has 0 radical (unpaired) electrons. The number of pyridine rings is 1. The monoisotopic (exact) mass is 457 g/mol. The molecule has 1 aliphatic heterocycles. The van der Waals surface area contributed by atoms with Crippen LogP contribution in [0.25, 0.3) is 22.2 Å². The number of carbonyl (C=O) groups excluding carboxylic acids is 1. The minimum atomic E-state index is 0.0883. The number of piperazine rings is 1. The first-order valence-corrected chi connectivity index (χ1v) is 11.9. The SMILES string of the molecule is CCn1cc(CN2CCN(C(=O)Cn3nc(C)c4c(-c5ccc(C)cc5)ccnc43)CC2)cn1. The zero-order chi connectivity index (χ0) is 23.7. The van der Waals surface area contributed by atoms with E-state index in [1.165, 1.54) is 11.1 Å². The van der Waals surface area contributed by atoms with E-state index in [2.05, 4.69) is 59.3 Å². The first-order valence-electron chi connectivity index (χ1n) is 11.9. The molecule has 0 unspecified atom stereocenters. The number of hydrogen-bond acceptors (Lipinski definition) is 5. The Bertz CT molecular complexity index is 1300. The van der Waals surface area contributed by atoms with Gasteiger partial charge in [-0.1, -0.05) is 29.8 Å². The molecule has 176 valence electrons. The topological polar surface area (TPSA) is 72.1 Å². The molecule has 8 heteroatoms. The third kappa shape index (κ3) is 4.46. The summed E-state index contributed by atoms with van der Waals surface area (Å²) < 4.78 is 3.71. The maximum atomic E-state index is 13.1. The Kier molecular flexibility index (Phi) is 6.15. The lowest BCUT2D eigenvalue weighted by Gasteiger charge is -2.34. The predicted octanol–water partition coefficient (Wildman–Crippen LogP) is 3.28. The molecular formula is C26H31N7O. The van der Waals surface area contributed by atoms with Crippen molar-refractivity contribution in [2.75, 3.05) is 26.2 Å². The molecule has 4 heterocycles. The molecule has 0 atom stereocenters. The van der Waals surface area contributed by atoms with Crippen LogP contribution in [0.3, 0.4) is 0 Å². The van der Waals surface area contributed by atoms with E-state index < -0.39 is 0 Å². The normalized spacial score (nSPS) is 14.7. The maximum absolute atomic E-state index is 13.1. The highest BCUT2D eigenvalue weighted by Crippen LogP contribution is 2.30. The lowest BCUT2D eigenvalue weighted by Crippen LogP contribution is -2.49. The second-order valence-electron chi connectivity index (χ2n) is 9.03. The lowest BCUT2D eigenvalue weighted by molar-refractivity contribution is -0.133. The van der Waals surface area contributed by atoms with Crippen molar-refractivity contribution in [3.63, 3.8) is 0 Å². The van der Waals surface area contributed by atoms with Crippen molar-refractivity contribution in [3.8, 4) is 11.1 Å². The number of aromatic nitrogens is 5. The number of fused-ring (bicyclic) bond motifs is 1. The van der Waals surface area contributed by atoms with E-state index in [1.807, 2.05) is 28.8 Å². The summed E-state index contributed by atoms with van der Waals surface area (Å²) in [7, 11) is 0. The molecule has 34 heavy (non-hydrogen) atoms. The highest BCUT2D eigenvalue weighted by Gasteiger charge is 2.23. The fourth-order valence-electron chi connectivity index (χ4n) is 4.67. The molecule has 1 fully saturated rings. The van der Waals surface area contributed by atoms with Crippen molar-refractivity contribution >= 4 is 16.9 Å². The van der Waals surface area contributed by atoms with E-state index in [0.29, 0.717) is 0 Å². The molecule has 0 saturated carbocycles. The zero-order valence-electron chi connectivity index (χ0n) is 20.1. The van der Waals surface area contributed by atoms with Crippen LogP contribution in [-0.2, 0) is 24.4 Å². The molecule has 0 N–H and O–H groups in total. The minimum Gasteiger partial charge on any atom is -0.339 e. The summed E-state index contributed by atoms with van der Waals surface area (Å²) in [6.45, 7) is 11.3. The van der Waals surface area contributed by atoms with Gasteiger partial charge in [-0.25, -0.2) is 9.67 Å². The van der Waals surface area contributed by atoms with Crippen LogP contribution < -0.4 is 0 Å². The molecule has 4 aromatic rings. The molecule has 1 aliphatic rings. The van der Waals surface area contributed by atoms with Crippen molar-refractivity contribution < 1.29 is 4.79 Å². The second kappa shape index (κ2) is 9.38. The zero-order valence-corrected chi connectivity index (χ0v) is 20.1. The summed E-state index contributed by atoms with van der Waals surface area (Å²) in [5, 5.41) is 10.1. The van der Waals surface area contributed by atoms with Crippen molar-refractivity contribution in [1.29, 1.82) is 0 Å². The summed E-state index contributed by atoms with van der Waals surface area (Å²) >= 11 is 0. The largest absolute Gasteiger partial charge is 0.339 e. The first kappa shape index (κ1) is 22.3. The van der Waals surface area contributed by atoms with Crippen LogP contribution in [0.15, 0.2) is 48.9 Å². The fourth-order valence-corrected chi connectivity index (χ4v) is 4.67. The van der Waals surface area contributed by atoms with Gasteiger partial charge in [0, 0.05) is 62.6 Å². The average molecular weight is 458 g/mol. The average Bonchev–Trinajstić information content (AvgIpc) is 3.44. The highest BCUT2D eigenvalue weighted by atomic mass is 16.2. The van der Waals surface area contributed by atoms with Crippen LogP contribution in [-0.4, -0.2) is 66.4 Å². The van der Waals surface area contributed by atoms with Crippen LogP contribution in [0.2, 0.25) is 0 Å². The van der Waals surface area contributed by atoms with E-state index in [-0.39, 0.29) is 12.5 Å². The van der Waals surface area contributed by atoms with Gasteiger partial charge in [0.15, 0.2) is 5.65 Å². The van der Waals surface area contributed by atoms with E-state index in [0.717, 1.165) is 67.1 Å². The van der Waals surface area contributed by atoms with Gasteiger partial charge >= 0.3 is 0 Å². The third-order valence-corrected chi connectivity index (χ3v) is 6.60. The maximum Gasteiger partial charge on any atom is 0.244 e. The Hall–Kier alpha value is -3.52. The van der Waals surface area contributed by atoms with Gasteiger partial charge in [0.2, 0.25) is 5.91 Å².